The van der Waals surface area contributed by atoms with Crippen molar-refractivity contribution in [2.45, 2.75) is 46.6 Å². The van der Waals surface area contributed by atoms with Crippen LogP contribution in [0, 0.1) is 12.3 Å². The van der Waals surface area contributed by atoms with Gasteiger partial charge in [-0.25, -0.2) is 0 Å². The van der Waals surface area contributed by atoms with Gasteiger partial charge in [0.15, 0.2) is 0 Å². The predicted molar refractivity (Wildman–Crippen MR) is 69.8 cm³/mol. The number of aliphatic hydroxyl groups is 1. The second-order valence-electron chi connectivity index (χ2n) is 5.68. The molecule has 1 rings (SSSR count). The fraction of sp³-hybridized carbons (Fsp3) is 0.571. The van der Waals surface area contributed by atoms with Crippen LogP contribution in [-0.2, 0) is 0 Å². The number of halogens is 1. The summed E-state index contributed by atoms with van der Waals surface area (Å²) >= 11 is 5.97. The van der Waals surface area contributed by atoms with Crippen LogP contribution in [0.1, 0.15) is 50.8 Å². The van der Waals surface area contributed by atoms with E-state index in [4.69, 9.17) is 11.6 Å². The lowest BCUT2D eigenvalue weighted by Crippen LogP contribution is -2.08. The van der Waals surface area contributed by atoms with E-state index in [2.05, 4.69) is 20.8 Å². The van der Waals surface area contributed by atoms with E-state index in [-0.39, 0.29) is 5.41 Å². The number of aryl methyl sites for hydroxylation is 1. The highest BCUT2D eigenvalue weighted by Crippen LogP contribution is 2.28. The van der Waals surface area contributed by atoms with E-state index in [0.29, 0.717) is 5.02 Å². The lowest BCUT2D eigenvalue weighted by Gasteiger charge is -2.20. The quantitative estimate of drug-likeness (QED) is 0.824. The first-order valence-corrected chi connectivity index (χ1v) is 6.11. The van der Waals surface area contributed by atoms with Crippen LogP contribution in [0.25, 0.3) is 0 Å². The maximum atomic E-state index is 10.1. The summed E-state index contributed by atoms with van der Waals surface area (Å²) in [6, 6.07) is 5.75. The van der Waals surface area contributed by atoms with Gasteiger partial charge in [-0.15, -0.1) is 0 Å². The van der Waals surface area contributed by atoms with Crippen molar-refractivity contribution < 1.29 is 5.11 Å². The molecule has 0 saturated heterocycles. The molecule has 0 aromatic heterocycles. The zero-order chi connectivity index (χ0) is 12.3. The zero-order valence-corrected chi connectivity index (χ0v) is 11.3. The maximum absolute atomic E-state index is 10.1. The molecule has 1 aromatic rings. The van der Waals surface area contributed by atoms with Gasteiger partial charge < -0.3 is 5.11 Å². The molecule has 2 heteroatoms. The van der Waals surface area contributed by atoms with Gasteiger partial charge in [0.1, 0.15) is 0 Å². The Labute approximate surface area is 103 Å². The third-order valence-corrected chi connectivity index (χ3v) is 2.84. The Morgan fingerprint density at radius 3 is 2.38 bits per heavy atom. The Bertz CT molecular complexity index is 332. The van der Waals surface area contributed by atoms with Gasteiger partial charge in [0.2, 0.25) is 0 Å². The van der Waals surface area contributed by atoms with Crippen LogP contribution >= 0.6 is 11.6 Å². The molecule has 0 fully saturated rings. The molecule has 90 valence electrons. The summed E-state index contributed by atoms with van der Waals surface area (Å²) in [5.74, 6) is 0. The fourth-order valence-corrected chi connectivity index (χ4v) is 1.99. The minimum Gasteiger partial charge on any atom is -0.388 e. The van der Waals surface area contributed by atoms with Gasteiger partial charge in [0, 0.05) is 5.02 Å². The Morgan fingerprint density at radius 1 is 1.25 bits per heavy atom. The van der Waals surface area contributed by atoms with E-state index in [1.165, 1.54) is 0 Å². The van der Waals surface area contributed by atoms with Crippen molar-refractivity contribution in [3.63, 3.8) is 0 Å². The van der Waals surface area contributed by atoms with E-state index < -0.39 is 6.10 Å². The average Bonchev–Trinajstić information content (AvgIpc) is 2.11. The highest BCUT2D eigenvalue weighted by atomic mass is 35.5. The van der Waals surface area contributed by atoms with E-state index in [1.54, 1.807) is 0 Å². The third kappa shape index (κ3) is 4.54. The first kappa shape index (κ1) is 13.5. The summed E-state index contributed by atoms with van der Waals surface area (Å²) in [5.41, 5.74) is 2.28. The normalized spacial score (nSPS) is 13.9. The van der Waals surface area contributed by atoms with Crippen molar-refractivity contribution in [3.05, 3.63) is 34.3 Å². The summed E-state index contributed by atoms with van der Waals surface area (Å²) in [6.45, 7) is 8.54. The fourth-order valence-electron chi connectivity index (χ4n) is 1.69. The summed E-state index contributed by atoms with van der Waals surface area (Å²) < 4.78 is 0. The van der Waals surface area contributed by atoms with Gasteiger partial charge in [0.05, 0.1) is 6.10 Å². The van der Waals surface area contributed by atoms with E-state index >= 15 is 0 Å². The van der Waals surface area contributed by atoms with Crippen LogP contribution in [-0.4, -0.2) is 5.11 Å². The molecule has 1 N–H and O–H groups in total. The monoisotopic (exact) mass is 240 g/mol. The van der Waals surface area contributed by atoms with E-state index in [0.717, 1.165) is 24.0 Å². The second-order valence-corrected chi connectivity index (χ2v) is 6.11. The third-order valence-electron chi connectivity index (χ3n) is 2.62. The smallest absolute Gasteiger partial charge is 0.0790 e. The van der Waals surface area contributed by atoms with Crippen LogP contribution in [0.15, 0.2) is 18.2 Å². The molecule has 1 unspecified atom stereocenters. The summed E-state index contributed by atoms with van der Waals surface area (Å²) in [7, 11) is 0. The molecule has 0 saturated carbocycles. The average molecular weight is 241 g/mol. The number of benzene rings is 1. The molecule has 0 spiro atoms. The van der Waals surface area contributed by atoms with Crippen LogP contribution in [0.3, 0.4) is 0 Å². The molecule has 0 aliphatic rings. The molecule has 0 radical (unpaired) electrons. The number of aliphatic hydroxyl groups excluding tert-OH is 1. The standard InChI is InChI=1S/C14H21ClO/c1-10-7-11(9-12(15)8-10)13(16)5-6-14(2,3)4/h7-9,13,16H,5-6H2,1-4H3. The second kappa shape index (κ2) is 5.20. The van der Waals surface area contributed by atoms with Crippen molar-refractivity contribution in [3.8, 4) is 0 Å². The van der Waals surface area contributed by atoms with Crippen molar-refractivity contribution in [1.82, 2.24) is 0 Å². The Balaban J connectivity index is 2.69. The summed E-state index contributed by atoms with van der Waals surface area (Å²) in [5, 5.41) is 10.8. The largest absolute Gasteiger partial charge is 0.388 e. The number of hydrogen-bond donors (Lipinski definition) is 1. The Hall–Kier alpha value is -0.530. The van der Waals surface area contributed by atoms with Crippen molar-refractivity contribution >= 4 is 11.6 Å². The van der Waals surface area contributed by atoms with Crippen molar-refractivity contribution in [1.29, 1.82) is 0 Å². The first-order chi connectivity index (χ1) is 7.28. The van der Waals surface area contributed by atoms with Crippen LogP contribution in [0.4, 0.5) is 0 Å². The molecule has 0 aliphatic carbocycles. The molecule has 0 heterocycles. The summed E-state index contributed by atoms with van der Waals surface area (Å²) in [6.07, 6.45) is 1.37. The predicted octanol–water partition coefficient (Wildman–Crippen LogP) is 4.51. The Morgan fingerprint density at radius 2 is 1.88 bits per heavy atom. The van der Waals surface area contributed by atoms with Crippen LogP contribution < -0.4 is 0 Å². The molecular formula is C14H21ClO. The molecule has 1 nitrogen and oxygen atoms in total. The molecule has 0 bridgehead atoms. The Kier molecular flexibility index (Phi) is 4.40. The van der Waals surface area contributed by atoms with Gasteiger partial charge in [-0.1, -0.05) is 38.4 Å². The minimum absolute atomic E-state index is 0.259. The van der Waals surface area contributed by atoms with E-state index in [1.807, 2.05) is 25.1 Å². The SMILES string of the molecule is Cc1cc(Cl)cc(C(O)CCC(C)(C)C)c1. The maximum Gasteiger partial charge on any atom is 0.0790 e. The molecule has 0 aliphatic heterocycles. The molecular weight excluding hydrogens is 220 g/mol. The summed E-state index contributed by atoms with van der Waals surface area (Å²) in [4.78, 5) is 0. The molecule has 16 heavy (non-hydrogen) atoms. The lowest BCUT2D eigenvalue weighted by molar-refractivity contribution is 0.147. The van der Waals surface area contributed by atoms with Gasteiger partial charge in [-0.05, 0) is 48.4 Å². The topological polar surface area (TPSA) is 20.2 Å². The first-order valence-electron chi connectivity index (χ1n) is 5.73. The van der Waals surface area contributed by atoms with Gasteiger partial charge >= 0.3 is 0 Å². The van der Waals surface area contributed by atoms with Crippen molar-refractivity contribution in [2.75, 3.05) is 0 Å². The van der Waals surface area contributed by atoms with Gasteiger partial charge in [0.25, 0.3) is 0 Å². The van der Waals surface area contributed by atoms with Crippen LogP contribution in [0.5, 0.6) is 0 Å². The highest BCUT2D eigenvalue weighted by molar-refractivity contribution is 6.30. The van der Waals surface area contributed by atoms with Gasteiger partial charge in [-0.2, -0.15) is 0 Å². The zero-order valence-electron chi connectivity index (χ0n) is 10.5. The number of hydrogen-bond acceptors (Lipinski definition) is 1. The molecule has 0 amide bonds. The van der Waals surface area contributed by atoms with Crippen LogP contribution in [0.2, 0.25) is 5.02 Å². The van der Waals surface area contributed by atoms with Crippen molar-refractivity contribution in [2.24, 2.45) is 5.41 Å². The lowest BCUT2D eigenvalue weighted by atomic mass is 9.88. The van der Waals surface area contributed by atoms with Gasteiger partial charge in [-0.3, -0.25) is 0 Å². The molecule has 1 atom stereocenters. The van der Waals surface area contributed by atoms with E-state index in [9.17, 15) is 5.11 Å². The number of rotatable bonds is 3. The highest BCUT2D eigenvalue weighted by Gasteiger charge is 2.15. The minimum atomic E-state index is -0.406. The molecule has 1 aromatic carbocycles.